The average Bonchev–Trinajstić information content (AvgIpc) is 3.17. The molecule has 0 aliphatic carbocycles. The molecule has 7 nitrogen and oxygen atoms in total. The van der Waals surface area contributed by atoms with Gasteiger partial charge in [-0.3, -0.25) is 14.5 Å². The molecule has 166 valence electrons. The first-order valence-corrected chi connectivity index (χ1v) is 10.4. The number of amides is 1. The molecule has 1 aliphatic heterocycles. The smallest absolute Gasteiger partial charge is 0.246 e. The first-order chi connectivity index (χ1) is 15.5. The summed E-state index contributed by atoms with van der Waals surface area (Å²) in [5.74, 6) is -0.00576. The van der Waals surface area contributed by atoms with Gasteiger partial charge < -0.3 is 14.5 Å². The van der Waals surface area contributed by atoms with E-state index in [1.54, 1.807) is 35.5 Å². The van der Waals surface area contributed by atoms with Crippen LogP contribution < -0.4 is 4.74 Å². The van der Waals surface area contributed by atoms with Gasteiger partial charge in [-0.25, -0.2) is 4.39 Å². The zero-order valence-electron chi connectivity index (χ0n) is 18.5. The Morgan fingerprint density at radius 3 is 2.69 bits per heavy atom. The van der Waals surface area contributed by atoms with Crippen molar-refractivity contribution in [1.29, 1.82) is 0 Å². The number of likely N-dealkylation sites (N-methyl/N-ethyl adjacent to an activating group) is 1. The molecule has 0 bridgehead atoms. The second kappa shape index (κ2) is 9.32. The van der Waals surface area contributed by atoms with Crippen LogP contribution in [0.5, 0.6) is 5.75 Å². The van der Waals surface area contributed by atoms with Gasteiger partial charge in [0, 0.05) is 48.8 Å². The van der Waals surface area contributed by atoms with Gasteiger partial charge in [-0.1, -0.05) is 6.08 Å². The third kappa shape index (κ3) is 4.40. The molecule has 0 saturated heterocycles. The molecular formula is C24H26FN5O2. The van der Waals surface area contributed by atoms with Crippen LogP contribution in [0.2, 0.25) is 0 Å². The maximum absolute atomic E-state index is 15.0. The van der Waals surface area contributed by atoms with E-state index in [-0.39, 0.29) is 5.91 Å². The summed E-state index contributed by atoms with van der Waals surface area (Å²) >= 11 is 0. The van der Waals surface area contributed by atoms with Crippen molar-refractivity contribution in [1.82, 2.24) is 24.6 Å². The van der Waals surface area contributed by atoms with Crippen LogP contribution in [0.3, 0.4) is 0 Å². The first-order valence-electron chi connectivity index (χ1n) is 10.4. The Labute approximate surface area is 186 Å². The molecule has 0 radical (unpaired) electrons. The minimum atomic E-state index is -0.408. The molecular weight excluding hydrogens is 409 g/mol. The van der Waals surface area contributed by atoms with Gasteiger partial charge in [0.1, 0.15) is 17.3 Å². The van der Waals surface area contributed by atoms with Crippen molar-refractivity contribution in [3.8, 4) is 28.1 Å². The van der Waals surface area contributed by atoms with Gasteiger partial charge >= 0.3 is 0 Å². The standard InChI is InChI=1S/C24H26FN5O2/c1-28(2)12-4-5-22(31)29-13-14-30-21(16-29)23(17-8-10-26-11-9-17)24(27-30)19-7-6-18(32-3)15-20(19)25/h4-11,15H,12-14,16H2,1-3H3/b5-4+. The third-order valence-corrected chi connectivity index (χ3v) is 5.42. The largest absolute Gasteiger partial charge is 0.497 e. The number of pyridine rings is 1. The second-order valence-electron chi connectivity index (χ2n) is 7.90. The van der Waals surface area contributed by atoms with Crippen molar-refractivity contribution in [3.05, 3.63) is 66.4 Å². The van der Waals surface area contributed by atoms with E-state index in [1.807, 2.05) is 41.9 Å². The third-order valence-electron chi connectivity index (χ3n) is 5.42. The molecule has 32 heavy (non-hydrogen) atoms. The summed E-state index contributed by atoms with van der Waals surface area (Å²) in [6.07, 6.45) is 6.87. The number of carbonyl (C=O) groups excluding carboxylic acids is 1. The Hall–Kier alpha value is -3.52. The summed E-state index contributed by atoms with van der Waals surface area (Å²) in [6.45, 7) is 2.17. The molecule has 2 aromatic heterocycles. The molecule has 0 saturated carbocycles. The van der Waals surface area contributed by atoms with E-state index < -0.39 is 5.82 Å². The maximum Gasteiger partial charge on any atom is 0.246 e. The number of rotatable bonds is 6. The van der Waals surface area contributed by atoms with Crippen LogP contribution in [0.15, 0.2) is 54.9 Å². The Kier molecular flexibility index (Phi) is 6.32. The van der Waals surface area contributed by atoms with Crippen LogP contribution in [0.1, 0.15) is 5.69 Å². The van der Waals surface area contributed by atoms with Crippen LogP contribution >= 0.6 is 0 Å². The van der Waals surface area contributed by atoms with Crippen molar-refractivity contribution in [2.75, 3.05) is 34.3 Å². The number of halogens is 1. The zero-order valence-corrected chi connectivity index (χ0v) is 18.5. The molecule has 1 aliphatic rings. The monoisotopic (exact) mass is 435 g/mol. The van der Waals surface area contributed by atoms with E-state index in [2.05, 4.69) is 4.98 Å². The number of ether oxygens (including phenoxy) is 1. The number of nitrogens with zero attached hydrogens (tertiary/aromatic N) is 5. The molecule has 3 heterocycles. The predicted octanol–water partition coefficient (Wildman–Crippen LogP) is 3.22. The highest BCUT2D eigenvalue weighted by Crippen LogP contribution is 2.38. The molecule has 0 unspecified atom stereocenters. The Bertz CT molecular complexity index is 1140. The van der Waals surface area contributed by atoms with Crippen LogP contribution in [0.25, 0.3) is 22.4 Å². The highest BCUT2D eigenvalue weighted by molar-refractivity contribution is 5.88. The summed E-state index contributed by atoms with van der Waals surface area (Å²) in [5, 5.41) is 4.75. The lowest BCUT2D eigenvalue weighted by atomic mass is 9.98. The van der Waals surface area contributed by atoms with E-state index in [0.29, 0.717) is 43.2 Å². The predicted molar refractivity (Wildman–Crippen MR) is 121 cm³/mol. The van der Waals surface area contributed by atoms with Gasteiger partial charge in [-0.15, -0.1) is 0 Å². The molecule has 1 amide bonds. The van der Waals surface area contributed by atoms with E-state index >= 15 is 0 Å². The SMILES string of the molecule is COc1ccc(-c2nn3c(c2-c2ccncc2)CN(C(=O)/C=C/CN(C)C)CC3)c(F)c1. The number of benzene rings is 1. The minimum absolute atomic E-state index is 0.0443. The maximum atomic E-state index is 15.0. The van der Waals surface area contributed by atoms with E-state index in [1.165, 1.54) is 13.2 Å². The summed E-state index contributed by atoms with van der Waals surface area (Å²) in [4.78, 5) is 20.6. The highest BCUT2D eigenvalue weighted by Gasteiger charge is 2.28. The fourth-order valence-electron chi connectivity index (χ4n) is 3.80. The summed E-state index contributed by atoms with van der Waals surface area (Å²) < 4.78 is 22.0. The topological polar surface area (TPSA) is 63.5 Å². The number of hydrogen-bond acceptors (Lipinski definition) is 5. The Morgan fingerprint density at radius 1 is 1.22 bits per heavy atom. The van der Waals surface area contributed by atoms with Crippen molar-refractivity contribution >= 4 is 5.91 Å². The van der Waals surface area contributed by atoms with E-state index in [9.17, 15) is 9.18 Å². The van der Waals surface area contributed by atoms with Crippen molar-refractivity contribution in [2.24, 2.45) is 0 Å². The van der Waals surface area contributed by atoms with Crippen molar-refractivity contribution in [2.45, 2.75) is 13.1 Å². The second-order valence-corrected chi connectivity index (χ2v) is 7.90. The summed E-state index contributed by atoms with van der Waals surface area (Å²) in [6, 6.07) is 8.51. The van der Waals surface area contributed by atoms with E-state index in [4.69, 9.17) is 9.84 Å². The Balaban J connectivity index is 1.75. The molecule has 4 rings (SSSR count). The quantitative estimate of drug-likeness (QED) is 0.557. The minimum Gasteiger partial charge on any atom is -0.497 e. The molecule has 1 aromatic carbocycles. The number of carbonyl (C=O) groups is 1. The van der Waals surface area contributed by atoms with E-state index in [0.717, 1.165) is 16.8 Å². The summed E-state index contributed by atoms with van der Waals surface area (Å²) in [7, 11) is 5.41. The molecule has 0 atom stereocenters. The van der Waals surface area contributed by atoms with Gasteiger partial charge in [0.2, 0.25) is 5.91 Å². The van der Waals surface area contributed by atoms with Crippen LogP contribution in [0, 0.1) is 5.82 Å². The molecule has 0 N–H and O–H groups in total. The lowest BCUT2D eigenvalue weighted by Crippen LogP contribution is -2.37. The molecule has 0 spiro atoms. The Morgan fingerprint density at radius 2 is 2.00 bits per heavy atom. The fraction of sp³-hybridized carbons (Fsp3) is 0.292. The van der Waals surface area contributed by atoms with Gasteiger partial charge in [0.05, 0.1) is 25.9 Å². The van der Waals surface area contributed by atoms with Gasteiger partial charge in [0.15, 0.2) is 0 Å². The zero-order chi connectivity index (χ0) is 22.7. The van der Waals surface area contributed by atoms with Crippen LogP contribution in [-0.2, 0) is 17.9 Å². The van der Waals surface area contributed by atoms with Gasteiger partial charge in [-0.05, 0) is 43.9 Å². The number of hydrogen-bond donors (Lipinski definition) is 0. The van der Waals surface area contributed by atoms with Gasteiger partial charge in [-0.2, -0.15) is 5.10 Å². The van der Waals surface area contributed by atoms with Crippen molar-refractivity contribution in [3.63, 3.8) is 0 Å². The molecule has 0 fully saturated rings. The number of methoxy groups -OCH3 is 1. The molecule has 3 aromatic rings. The highest BCUT2D eigenvalue weighted by atomic mass is 19.1. The van der Waals surface area contributed by atoms with Crippen LogP contribution in [-0.4, -0.2) is 64.8 Å². The molecule has 8 heteroatoms. The fourth-order valence-corrected chi connectivity index (χ4v) is 3.80. The summed E-state index contributed by atoms with van der Waals surface area (Å²) in [5.41, 5.74) is 3.50. The number of aromatic nitrogens is 3. The normalized spacial score (nSPS) is 13.6. The first kappa shape index (κ1) is 21.7. The average molecular weight is 436 g/mol. The van der Waals surface area contributed by atoms with Crippen LogP contribution in [0.4, 0.5) is 4.39 Å². The lowest BCUT2D eigenvalue weighted by molar-refractivity contribution is -0.127. The number of fused-ring (bicyclic) bond motifs is 1. The lowest BCUT2D eigenvalue weighted by Gasteiger charge is -2.27. The van der Waals surface area contributed by atoms with Crippen molar-refractivity contribution < 1.29 is 13.9 Å². The van der Waals surface area contributed by atoms with Gasteiger partial charge in [0.25, 0.3) is 0 Å².